The van der Waals surface area contributed by atoms with Crippen LogP contribution in [0.25, 0.3) is 23.3 Å². The summed E-state index contributed by atoms with van der Waals surface area (Å²) in [4.78, 5) is 47.9. The van der Waals surface area contributed by atoms with Crippen molar-refractivity contribution in [1.82, 2.24) is 0 Å². The number of non-ortho nitro benzene ring substituents is 2. The lowest BCUT2D eigenvalue weighted by Gasteiger charge is -2.19. The minimum atomic E-state index is -4.37. The highest BCUT2D eigenvalue weighted by atomic mass is 19.4. The topological polar surface area (TPSA) is 187 Å². The molecule has 0 heterocycles. The number of halogens is 10. The SMILES string of the molecule is O=C(C=Cc1ccc(OC(F)(F)c2ccc(OCCCC(F)(F)F)cc2)cc1)OCc1cc([N+](=O)[O-])ccc1-c1ccc([N+](=O)[O-])cc1CC(=Cc1ccc(OC(F)(F)c2ccc(OCCCC(F)(F)F)cc2)cc1)C(=O)O. The van der Waals surface area contributed by atoms with E-state index >= 15 is 8.78 Å². The molecule has 0 saturated carbocycles. The van der Waals surface area contributed by atoms with Gasteiger partial charge in [0, 0.05) is 60.7 Å². The molecule has 0 fully saturated rings. The first-order chi connectivity index (χ1) is 36.7. The molecule has 6 aromatic rings. The molecule has 0 aliphatic heterocycles. The summed E-state index contributed by atoms with van der Waals surface area (Å²) in [6, 6.07) is 25.2. The van der Waals surface area contributed by atoms with Gasteiger partial charge in [-0.05, 0) is 138 Å². The van der Waals surface area contributed by atoms with Crippen molar-refractivity contribution in [3.8, 4) is 34.1 Å². The van der Waals surface area contributed by atoms with Crippen molar-refractivity contribution < 1.29 is 92.1 Å². The van der Waals surface area contributed by atoms with Gasteiger partial charge in [0.1, 0.15) is 29.6 Å². The lowest BCUT2D eigenvalue weighted by molar-refractivity contribution is -0.385. The van der Waals surface area contributed by atoms with Crippen molar-refractivity contribution in [1.29, 1.82) is 0 Å². The molecule has 78 heavy (non-hydrogen) atoms. The van der Waals surface area contributed by atoms with E-state index in [1.54, 1.807) is 0 Å². The lowest BCUT2D eigenvalue weighted by Crippen LogP contribution is -2.21. The van der Waals surface area contributed by atoms with Crippen LogP contribution in [-0.4, -0.2) is 52.5 Å². The number of nitrogens with zero attached hydrogens (tertiary/aromatic N) is 2. The molecule has 6 rings (SSSR count). The summed E-state index contributed by atoms with van der Waals surface area (Å²) in [5.74, 6) is -2.97. The number of aliphatic carboxylic acids is 1. The molecule has 14 nitrogen and oxygen atoms in total. The molecule has 0 spiro atoms. The Morgan fingerprint density at radius 1 is 0.538 bits per heavy atom. The van der Waals surface area contributed by atoms with Gasteiger partial charge >= 0.3 is 36.5 Å². The van der Waals surface area contributed by atoms with Crippen molar-refractivity contribution in [2.75, 3.05) is 13.2 Å². The maximum absolute atomic E-state index is 15.1. The second-order valence-corrected chi connectivity index (χ2v) is 16.8. The molecular formula is C54H42F10N2O12. The smallest absolute Gasteiger partial charge is 0.426 e. The number of alkyl halides is 10. The minimum absolute atomic E-state index is 0.0176. The Labute approximate surface area is 436 Å². The largest absolute Gasteiger partial charge is 0.494 e. The normalized spacial score (nSPS) is 12.3. The van der Waals surface area contributed by atoms with E-state index in [2.05, 4.69) is 0 Å². The van der Waals surface area contributed by atoms with Crippen LogP contribution in [0.4, 0.5) is 55.3 Å². The number of carboxylic acids is 1. The van der Waals surface area contributed by atoms with Crippen LogP contribution in [0.15, 0.2) is 145 Å². The average Bonchev–Trinajstić information content (AvgIpc) is 3.41. The second-order valence-electron chi connectivity index (χ2n) is 16.8. The minimum Gasteiger partial charge on any atom is -0.494 e. The molecular weight excluding hydrogens is 1060 g/mol. The van der Waals surface area contributed by atoms with Crippen LogP contribution in [0, 0.1) is 20.2 Å². The predicted molar refractivity (Wildman–Crippen MR) is 260 cm³/mol. The molecule has 1 N–H and O–H groups in total. The van der Waals surface area contributed by atoms with Crippen LogP contribution in [0.1, 0.15) is 59.1 Å². The Bertz CT molecular complexity index is 3130. The van der Waals surface area contributed by atoms with Crippen molar-refractivity contribution in [3.63, 3.8) is 0 Å². The summed E-state index contributed by atoms with van der Waals surface area (Å²) in [6.45, 7) is -1.20. The molecule has 0 radical (unpaired) electrons. The number of nitro benzene ring substituents is 2. The van der Waals surface area contributed by atoms with E-state index in [0.29, 0.717) is 5.56 Å². The highest BCUT2D eigenvalue weighted by Gasteiger charge is 2.36. The lowest BCUT2D eigenvalue weighted by atomic mass is 9.91. The molecule has 6 aromatic carbocycles. The Hall–Kier alpha value is -8.96. The van der Waals surface area contributed by atoms with Gasteiger partial charge in [0.2, 0.25) is 0 Å². The molecule has 0 aromatic heterocycles. The van der Waals surface area contributed by atoms with Crippen LogP contribution in [-0.2, 0) is 39.6 Å². The Kier molecular flexibility index (Phi) is 18.9. The molecule has 24 heteroatoms. The van der Waals surface area contributed by atoms with Gasteiger partial charge in [-0.15, -0.1) is 0 Å². The Morgan fingerprint density at radius 3 is 1.37 bits per heavy atom. The van der Waals surface area contributed by atoms with E-state index in [4.69, 9.17) is 23.7 Å². The van der Waals surface area contributed by atoms with Gasteiger partial charge in [0.05, 0.1) is 34.2 Å². The summed E-state index contributed by atoms with van der Waals surface area (Å²) in [7, 11) is 0. The molecule has 0 bridgehead atoms. The Balaban J connectivity index is 1.12. The maximum Gasteiger partial charge on any atom is 0.426 e. The molecule has 0 aliphatic carbocycles. The number of nitro groups is 2. The zero-order valence-electron chi connectivity index (χ0n) is 40.2. The third-order valence-electron chi connectivity index (χ3n) is 11.0. The van der Waals surface area contributed by atoms with Crippen LogP contribution >= 0.6 is 0 Å². The van der Waals surface area contributed by atoms with Crippen LogP contribution in [0.2, 0.25) is 0 Å². The van der Waals surface area contributed by atoms with Gasteiger partial charge in [-0.25, -0.2) is 9.59 Å². The van der Waals surface area contributed by atoms with Gasteiger partial charge in [0.15, 0.2) is 0 Å². The van der Waals surface area contributed by atoms with Crippen molar-refractivity contribution in [2.24, 2.45) is 0 Å². The van der Waals surface area contributed by atoms with Gasteiger partial charge in [0.25, 0.3) is 11.4 Å². The van der Waals surface area contributed by atoms with Crippen LogP contribution in [0.3, 0.4) is 0 Å². The number of hydrogen-bond acceptors (Lipinski definition) is 11. The van der Waals surface area contributed by atoms with Gasteiger partial charge in [-0.1, -0.05) is 24.3 Å². The van der Waals surface area contributed by atoms with Gasteiger partial charge in [-0.3, -0.25) is 20.2 Å². The summed E-state index contributed by atoms with van der Waals surface area (Å²) < 4.78 is 160. The standard InChI is InChI=1S/C54H42F10N2O12/c55-51(56,57)25-1-27-74-43-18-8-39(9-19-43)53(61,62)77-45-14-3-34(4-15-45)7-24-49(67)76-33-38-32-42(66(72)73)13-23-48(38)47-22-12-41(65(70)71)31-36(47)30-37(50(68)69)29-35-5-16-46(17-6-35)78-54(63,64)40-10-20-44(21-11-40)75-28-2-26-52(58,59)60/h3-24,29,31-32H,1-2,25-28,30,33H2,(H,68,69). The number of carboxylic acid groups (broad SMARTS) is 1. The average molecular weight is 1100 g/mol. The highest BCUT2D eigenvalue weighted by molar-refractivity contribution is 5.93. The maximum atomic E-state index is 15.1. The summed E-state index contributed by atoms with van der Waals surface area (Å²) in [6.07, 6.45) is -16.4. The van der Waals surface area contributed by atoms with E-state index < -0.39 is 94.7 Å². The van der Waals surface area contributed by atoms with E-state index in [9.17, 15) is 70.0 Å². The van der Waals surface area contributed by atoms with Crippen molar-refractivity contribution >= 4 is 35.5 Å². The zero-order valence-corrected chi connectivity index (χ0v) is 40.2. The monoisotopic (exact) mass is 1100 g/mol. The van der Waals surface area contributed by atoms with Gasteiger partial charge in [-0.2, -0.15) is 43.9 Å². The third kappa shape index (κ3) is 17.6. The number of ether oxygens (including phenoxy) is 5. The first-order valence-corrected chi connectivity index (χ1v) is 23.0. The molecule has 410 valence electrons. The van der Waals surface area contributed by atoms with Crippen molar-refractivity contribution in [3.05, 3.63) is 199 Å². The van der Waals surface area contributed by atoms with Gasteiger partial charge < -0.3 is 28.8 Å². The fourth-order valence-electron chi connectivity index (χ4n) is 7.24. The molecule has 0 saturated heterocycles. The summed E-state index contributed by atoms with van der Waals surface area (Å²) in [5.41, 5.74) is -1.63. The van der Waals surface area contributed by atoms with E-state index in [-0.39, 0.29) is 82.4 Å². The van der Waals surface area contributed by atoms with Crippen molar-refractivity contribution in [2.45, 2.75) is 63.3 Å². The summed E-state index contributed by atoms with van der Waals surface area (Å²) in [5, 5.41) is 34.0. The van der Waals surface area contributed by atoms with E-state index in [0.717, 1.165) is 97.1 Å². The quantitative estimate of drug-likeness (QED) is 0.0143. The number of carbonyl (C=O) groups excluding carboxylic acids is 1. The second kappa shape index (κ2) is 25.3. The highest BCUT2D eigenvalue weighted by Crippen LogP contribution is 2.37. The fourth-order valence-corrected chi connectivity index (χ4v) is 7.24. The van der Waals surface area contributed by atoms with Crippen LogP contribution in [0.5, 0.6) is 23.0 Å². The number of rotatable bonds is 25. The third-order valence-corrected chi connectivity index (χ3v) is 11.0. The first-order valence-electron chi connectivity index (χ1n) is 23.0. The number of carbonyl (C=O) groups is 2. The fraction of sp³-hybridized carbons (Fsp3) is 0.222. The molecule has 0 unspecified atom stereocenters. The van der Waals surface area contributed by atoms with Crippen LogP contribution < -0.4 is 18.9 Å². The van der Waals surface area contributed by atoms with E-state index in [1.165, 1.54) is 54.6 Å². The number of esters is 1. The number of benzene rings is 6. The summed E-state index contributed by atoms with van der Waals surface area (Å²) >= 11 is 0. The molecule has 0 atom stereocenters. The van der Waals surface area contributed by atoms with E-state index in [1.807, 2.05) is 0 Å². The number of hydrogen-bond donors (Lipinski definition) is 1. The predicted octanol–water partition coefficient (Wildman–Crippen LogP) is 14.3. The zero-order chi connectivity index (χ0) is 56.8. The molecule has 0 amide bonds. The molecule has 0 aliphatic rings. The Morgan fingerprint density at radius 2 is 0.949 bits per heavy atom. The first kappa shape index (κ1) is 58.3.